The summed E-state index contributed by atoms with van der Waals surface area (Å²) in [7, 11) is 0. The first-order chi connectivity index (χ1) is 8.27. The molecule has 92 valence electrons. The molecule has 0 spiro atoms. The number of aromatic nitrogens is 1. The van der Waals surface area contributed by atoms with E-state index in [1.54, 1.807) is 6.21 Å². The quantitative estimate of drug-likeness (QED) is 0.546. The van der Waals surface area contributed by atoms with Crippen LogP contribution in [0.4, 0.5) is 0 Å². The molecule has 0 aliphatic rings. The second-order valence-corrected chi connectivity index (χ2v) is 4.94. The van der Waals surface area contributed by atoms with Crippen molar-refractivity contribution in [3.63, 3.8) is 0 Å². The molecule has 0 aromatic carbocycles. The fraction of sp³-hybridized carbons (Fsp3) is 0.615. The molecule has 1 aromatic heterocycles. The highest BCUT2D eigenvalue weighted by Crippen LogP contribution is 2.18. The number of aryl methyl sites for hydroxylation is 1. The zero-order valence-electron chi connectivity index (χ0n) is 10.5. The van der Waals surface area contributed by atoms with Crippen LogP contribution < -0.4 is 0 Å². The van der Waals surface area contributed by atoms with Crippen LogP contribution in [-0.2, 0) is 0 Å². The van der Waals surface area contributed by atoms with Crippen molar-refractivity contribution >= 4 is 17.6 Å². The van der Waals surface area contributed by atoms with Crippen LogP contribution in [0.1, 0.15) is 49.2 Å². The molecule has 0 fully saturated rings. The molecule has 1 aromatic rings. The summed E-state index contributed by atoms with van der Waals surface area (Å²) >= 11 is 1.53. The molecule has 0 radical (unpaired) electrons. The SMILES string of the molecule is CCCCCCN=CC(C#N)c1nc(C)cs1. The maximum absolute atomic E-state index is 9.05. The molecule has 0 aliphatic carbocycles. The van der Waals surface area contributed by atoms with Crippen LogP contribution in [0.15, 0.2) is 10.4 Å². The van der Waals surface area contributed by atoms with Crippen LogP contribution in [0.25, 0.3) is 0 Å². The van der Waals surface area contributed by atoms with Gasteiger partial charge in [-0.15, -0.1) is 11.3 Å². The zero-order chi connectivity index (χ0) is 12.5. The van der Waals surface area contributed by atoms with Crippen molar-refractivity contribution < 1.29 is 0 Å². The van der Waals surface area contributed by atoms with E-state index in [2.05, 4.69) is 23.0 Å². The number of thiazole rings is 1. The van der Waals surface area contributed by atoms with E-state index in [0.717, 1.165) is 23.7 Å². The van der Waals surface area contributed by atoms with E-state index in [9.17, 15) is 0 Å². The third-order valence-corrected chi connectivity index (χ3v) is 3.48. The van der Waals surface area contributed by atoms with Crippen LogP contribution in [-0.4, -0.2) is 17.7 Å². The Morgan fingerprint density at radius 2 is 2.35 bits per heavy atom. The monoisotopic (exact) mass is 249 g/mol. The minimum Gasteiger partial charge on any atom is -0.296 e. The zero-order valence-corrected chi connectivity index (χ0v) is 11.3. The molecule has 4 heteroatoms. The molecule has 1 unspecified atom stereocenters. The van der Waals surface area contributed by atoms with Gasteiger partial charge < -0.3 is 0 Å². The normalized spacial score (nSPS) is 12.8. The van der Waals surface area contributed by atoms with Gasteiger partial charge in [0, 0.05) is 23.8 Å². The van der Waals surface area contributed by atoms with Crippen LogP contribution in [0.2, 0.25) is 0 Å². The number of unbranched alkanes of at least 4 members (excludes halogenated alkanes) is 3. The lowest BCUT2D eigenvalue weighted by molar-refractivity contribution is 0.675. The van der Waals surface area contributed by atoms with E-state index in [0.29, 0.717) is 0 Å². The lowest BCUT2D eigenvalue weighted by Crippen LogP contribution is -1.97. The van der Waals surface area contributed by atoms with Crippen LogP contribution in [0.3, 0.4) is 0 Å². The van der Waals surface area contributed by atoms with E-state index >= 15 is 0 Å². The molecule has 0 N–H and O–H groups in total. The molecule has 1 rings (SSSR count). The van der Waals surface area contributed by atoms with Crippen molar-refractivity contribution in [3.8, 4) is 6.07 Å². The molecule has 1 atom stereocenters. The molecule has 17 heavy (non-hydrogen) atoms. The van der Waals surface area contributed by atoms with Gasteiger partial charge in [0.15, 0.2) is 0 Å². The average molecular weight is 249 g/mol. The Morgan fingerprint density at radius 1 is 1.53 bits per heavy atom. The Hall–Kier alpha value is -1.21. The van der Waals surface area contributed by atoms with Gasteiger partial charge in [-0.05, 0) is 13.3 Å². The smallest absolute Gasteiger partial charge is 0.133 e. The van der Waals surface area contributed by atoms with Gasteiger partial charge in [-0.1, -0.05) is 26.2 Å². The number of hydrogen-bond donors (Lipinski definition) is 0. The van der Waals surface area contributed by atoms with E-state index in [1.807, 2.05) is 12.3 Å². The maximum Gasteiger partial charge on any atom is 0.133 e. The molecule has 0 amide bonds. The van der Waals surface area contributed by atoms with E-state index in [1.165, 1.54) is 30.6 Å². The van der Waals surface area contributed by atoms with Crippen LogP contribution in [0, 0.1) is 18.3 Å². The molecule has 1 heterocycles. The van der Waals surface area contributed by atoms with Crippen molar-refractivity contribution in [3.05, 3.63) is 16.1 Å². The van der Waals surface area contributed by atoms with E-state index in [-0.39, 0.29) is 5.92 Å². The molecule has 0 saturated carbocycles. The summed E-state index contributed by atoms with van der Waals surface area (Å²) in [5, 5.41) is 11.9. The Balaban J connectivity index is 2.37. The van der Waals surface area contributed by atoms with Gasteiger partial charge in [0.05, 0.1) is 6.07 Å². The predicted molar refractivity (Wildman–Crippen MR) is 72.7 cm³/mol. The third kappa shape index (κ3) is 5.10. The lowest BCUT2D eigenvalue weighted by atomic mass is 10.2. The highest BCUT2D eigenvalue weighted by Gasteiger charge is 2.10. The van der Waals surface area contributed by atoms with Gasteiger partial charge in [0.2, 0.25) is 0 Å². The van der Waals surface area contributed by atoms with Crippen molar-refractivity contribution in [1.82, 2.24) is 4.98 Å². The summed E-state index contributed by atoms with van der Waals surface area (Å²) < 4.78 is 0. The van der Waals surface area contributed by atoms with Crippen molar-refractivity contribution in [1.29, 1.82) is 5.26 Å². The van der Waals surface area contributed by atoms with Gasteiger partial charge in [-0.2, -0.15) is 5.26 Å². The topological polar surface area (TPSA) is 49.0 Å². The summed E-state index contributed by atoms with van der Waals surface area (Å²) in [4.78, 5) is 8.63. The minimum atomic E-state index is -0.278. The maximum atomic E-state index is 9.05. The minimum absolute atomic E-state index is 0.278. The number of rotatable bonds is 7. The van der Waals surface area contributed by atoms with Gasteiger partial charge in [-0.25, -0.2) is 4.98 Å². The highest BCUT2D eigenvalue weighted by atomic mass is 32.1. The second kappa shape index (κ2) is 7.97. The Kier molecular flexibility index (Phi) is 6.49. The predicted octanol–water partition coefficient (Wildman–Crippen LogP) is 3.71. The average Bonchev–Trinajstić information content (AvgIpc) is 2.75. The fourth-order valence-electron chi connectivity index (χ4n) is 1.48. The Bertz CT molecular complexity index is 390. The fourth-order valence-corrected chi connectivity index (χ4v) is 2.28. The molecule has 0 bridgehead atoms. The molecular weight excluding hydrogens is 230 g/mol. The summed E-state index contributed by atoms with van der Waals surface area (Å²) in [6.45, 7) is 4.96. The van der Waals surface area contributed by atoms with Gasteiger partial charge in [-0.3, -0.25) is 4.99 Å². The van der Waals surface area contributed by atoms with Crippen LogP contribution in [0.5, 0.6) is 0 Å². The van der Waals surface area contributed by atoms with Crippen LogP contribution >= 0.6 is 11.3 Å². The first kappa shape index (κ1) is 13.9. The molecule has 0 aliphatic heterocycles. The van der Waals surface area contributed by atoms with Crippen molar-refractivity contribution in [2.24, 2.45) is 4.99 Å². The lowest BCUT2D eigenvalue weighted by Gasteiger charge is -1.98. The summed E-state index contributed by atoms with van der Waals surface area (Å²) in [5.41, 5.74) is 0.974. The standard InChI is InChI=1S/C13H19N3S/c1-3-4-5-6-7-15-9-12(8-14)13-16-11(2)10-17-13/h9-10,12H,3-7H2,1-2H3. The Morgan fingerprint density at radius 3 is 2.94 bits per heavy atom. The number of aliphatic imine (C=N–C) groups is 1. The number of hydrogen-bond acceptors (Lipinski definition) is 4. The van der Waals surface area contributed by atoms with Gasteiger partial charge in [0.1, 0.15) is 10.9 Å². The largest absolute Gasteiger partial charge is 0.296 e. The molecule has 3 nitrogen and oxygen atoms in total. The number of nitrogens with zero attached hydrogens (tertiary/aromatic N) is 3. The molecule has 0 saturated heterocycles. The molecular formula is C13H19N3S. The second-order valence-electron chi connectivity index (χ2n) is 4.05. The van der Waals surface area contributed by atoms with Crippen molar-refractivity contribution in [2.75, 3.05) is 6.54 Å². The van der Waals surface area contributed by atoms with Gasteiger partial charge in [0.25, 0.3) is 0 Å². The summed E-state index contributed by atoms with van der Waals surface area (Å²) in [6.07, 6.45) is 6.58. The third-order valence-electron chi connectivity index (χ3n) is 2.44. The summed E-state index contributed by atoms with van der Waals surface area (Å²) in [6, 6.07) is 2.23. The summed E-state index contributed by atoms with van der Waals surface area (Å²) in [5.74, 6) is -0.278. The van der Waals surface area contributed by atoms with E-state index in [4.69, 9.17) is 5.26 Å². The number of nitriles is 1. The van der Waals surface area contributed by atoms with Crippen molar-refractivity contribution in [2.45, 2.75) is 45.4 Å². The van der Waals surface area contributed by atoms with Gasteiger partial charge >= 0.3 is 0 Å². The first-order valence-electron chi connectivity index (χ1n) is 6.09. The Labute approximate surface area is 107 Å². The first-order valence-corrected chi connectivity index (χ1v) is 6.97. The van der Waals surface area contributed by atoms with E-state index < -0.39 is 0 Å². The highest BCUT2D eigenvalue weighted by molar-refractivity contribution is 7.09.